The van der Waals surface area contributed by atoms with E-state index in [1.807, 2.05) is 25.5 Å². The van der Waals surface area contributed by atoms with Gasteiger partial charge in [-0.15, -0.1) is 0 Å². The molecule has 1 unspecified atom stereocenters. The largest absolute Gasteiger partial charge is 0.309 e. The van der Waals surface area contributed by atoms with E-state index in [1.165, 1.54) is 6.42 Å². The summed E-state index contributed by atoms with van der Waals surface area (Å²) in [5.41, 5.74) is 2.89. The van der Waals surface area contributed by atoms with Gasteiger partial charge in [-0.25, -0.2) is 0 Å². The predicted molar refractivity (Wildman–Crippen MR) is 64.2 cm³/mol. The lowest BCUT2D eigenvalue weighted by Crippen LogP contribution is -2.14. The Morgan fingerprint density at radius 1 is 1.35 bits per heavy atom. The maximum absolute atomic E-state index is 4.49. The molecule has 0 saturated carbocycles. The maximum Gasteiger partial charge on any atom is 0.107 e. The van der Waals surface area contributed by atoms with Crippen LogP contribution in [0.3, 0.4) is 0 Å². The van der Waals surface area contributed by atoms with Crippen molar-refractivity contribution in [3.8, 4) is 11.4 Å². The Morgan fingerprint density at radius 2 is 2.29 bits per heavy atom. The minimum Gasteiger partial charge on any atom is -0.309 e. The molecule has 5 nitrogen and oxygen atoms in total. The summed E-state index contributed by atoms with van der Waals surface area (Å²) >= 11 is 0. The molecule has 2 aromatic heterocycles. The smallest absolute Gasteiger partial charge is 0.107 e. The lowest BCUT2D eigenvalue weighted by atomic mass is 10.2. The highest BCUT2D eigenvalue weighted by atomic mass is 15.3. The van der Waals surface area contributed by atoms with Crippen LogP contribution in [0, 0.1) is 0 Å². The van der Waals surface area contributed by atoms with Gasteiger partial charge in [0.15, 0.2) is 0 Å². The second-order valence-corrected chi connectivity index (χ2v) is 4.32. The van der Waals surface area contributed by atoms with Crippen molar-refractivity contribution in [1.82, 2.24) is 25.1 Å². The van der Waals surface area contributed by atoms with Crippen LogP contribution in [0.4, 0.5) is 0 Å². The van der Waals surface area contributed by atoms with E-state index >= 15 is 0 Å². The Morgan fingerprint density at radius 3 is 2.88 bits per heavy atom. The van der Waals surface area contributed by atoms with Crippen molar-refractivity contribution in [1.29, 1.82) is 0 Å². The number of aryl methyl sites for hydroxylation is 1. The molecule has 1 saturated heterocycles. The number of nitrogens with one attached hydrogen (secondary N) is 1. The van der Waals surface area contributed by atoms with Crippen LogP contribution in [0.25, 0.3) is 11.4 Å². The van der Waals surface area contributed by atoms with Crippen LogP contribution < -0.4 is 5.32 Å². The van der Waals surface area contributed by atoms with E-state index in [4.69, 9.17) is 0 Å². The van der Waals surface area contributed by atoms with E-state index in [0.29, 0.717) is 6.04 Å². The van der Waals surface area contributed by atoms with Gasteiger partial charge in [0, 0.05) is 13.2 Å². The van der Waals surface area contributed by atoms with Gasteiger partial charge in [0.1, 0.15) is 5.69 Å². The highest BCUT2D eigenvalue weighted by molar-refractivity contribution is 5.52. The Balaban J connectivity index is 1.87. The van der Waals surface area contributed by atoms with Crippen molar-refractivity contribution in [3.63, 3.8) is 0 Å². The summed E-state index contributed by atoms with van der Waals surface area (Å²) in [5, 5.41) is 7.55. The van der Waals surface area contributed by atoms with Crippen LogP contribution in [0.5, 0.6) is 0 Å². The van der Waals surface area contributed by atoms with Crippen LogP contribution in [0.15, 0.2) is 24.7 Å². The summed E-state index contributed by atoms with van der Waals surface area (Å²) in [7, 11) is 1.91. The summed E-state index contributed by atoms with van der Waals surface area (Å²) in [6.45, 7) is 1.08. The Hall–Kier alpha value is -1.75. The SMILES string of the molecule is Cn1nccc1-c1cnc(C2CCCN2)cn1. The van der Waals surface area contributed by atoms with Crippen molar-refractivity contribution >= 4 is 0 Å². The van der Waals surface area contributed by atoms with E-state index in [-0.39, 0.29) is 0 Å². The zero-order chi connectivity index (χ0) is 11.7. The zero-order valence-electron chi connectivity index (χ0n) is 9.80. The summed E-state index contributed by atoms with van der Waals surface area (Å²) in [5.74, 6) is 0. The van der Waals surface area contributed by atoms with Crippen LogP contribution in [0.2, 0.25) is 0 Å². The molecule has 1 fully saturated rings. The first kappa shape index (κ1) is 10.4. The van der Waals surface area contributed by atoms with E-state index < -0.39 is 0 Å². The summed E-state index contributed by atoms with van der Waals surface area (Å²) in [4.78, 5) is 8.95. The van der Waals surface area contributed by atoms with E-state index in [1.54, 1.807) is 10.9 Å². The van der Waals surface area contributed by atoms with Gasteiger partial charge in [0.25, 0.3) is 0 Å². The fourth-order valence-electron chi connectivity index (χ4n) is 2.21. The van der Waals surface area contributed by atoms with E-state index in [0.717, 1.165) is 30.0 Å². The first-order chi connectivity index (χ1) is 8.34. The van der Waals surface area contributed by atoms with Gasteiger partial charge in [0.2, 0.25) is 0 Å². The molecular weight excluding hydrogens is 214 g/mol. The molecule has 0 spiro atoms. The summed E-state index contributed by atoms with van der Waals surface area (Å²) in [6, 6.07) is 2.32. The van der Waals surface area contributed by atoms with Gasteiger partial charge in [0.05, 0.1) is 29.8 Å². The van der Waals surface area contributed by atoms with Crippen molar-refractivity contribution < 1.29 is 0 Å². The average Bonchev–Trinajstić information content (AvgIpc) is 3.00. The van der Waals surface area contributed by atoms with Crippen molar-refractivity contribution in [2.75, 3.05) is 6.54 Å². The third-order valence-corrected chi connectivity index (χ3v) is 3.17. The Kier molecular flexibility index (Phi) is 2.60. The van der Waals surface area contributed by atoms with Gasteiger partial charge in [-0.3, -0.25) is 14.6 Å². The average molecular weight is 229 g/mol. The van der Waals surface area contributed by atoms with Crippen molar-refractivity contribution in [2.24, 2.45) is 7.05 Å². The van der Waals surface area contributed by atoms with Gasteiger partial charge < -0.3 is 5.32 Å². The van der Waals surface area contributed by atoms with Crippen LogP contribution in [-0.4, -0.2) is 26.3 Å². The molecule has 1 aliphatic heterocycles. The van der Waals surface area contributed by atoms with Crippen LogP contribution in [-0.2, 0) is 7.05 Å². The molecule has 88 valence electrons. The van der Waals surface area contributed by atoms with Gasteiger partial charge in [-0.2, -0.15) is 5.10 Å². The lowest BCUT2D eigenvalue weighted by Gasteiger charge is -2.09. The molecule has 2 aromatic rings. The number of hydrogen-bond acceptors (Lipinski definition) is 4. The molecule has 17 heavy (non-hydrogen) atoms. The fourth-order valence-corrected chi connectivity index (χ4v) is 2.21. The predicted octanol–water partition coefficient (Wildman–Crippen LogP) is 1.30. The summed E-state index contributed by atoms with van der Waals surface area (Å²) in [6.07, 6.45) is 7.83. The number of aromatic nitrogens is 4. The van der Waals surface area contributed by atoms with E-state index in [9.17, 15) is 0 Å². The van der Waals surface area contributed by atoms with Crippen molar-refractivity contribution in [3.05, 3.63) is 30.4 Å². The monoisotopic (exact) mass is 229 g/mol. The molecule has 0 radical (unpaired) electrons. The number of hydrogen-bond donors (Lipinski definition) is 1. The molecule has 1 aliphatic rings. The Bertz CT molecular complexity index is 496. The van der Waals surface area contributed by atoms with E-state index in [2.05, 4.69) is 20.4 Å². The molecule has 0 aromatic carbocycles. The normalized spacial score (nSPS) is 19.7. The third kappa shape index (κ3) is 1.93. The van der Waals surface area contributed by atoms with Gasteiger partial charge in [-0.05, 0) is 25.5 Å². The van der Waals surface area contributed by atoms with Gasteiger partial charge >= 0.3 is 0 Å². The second-order valence-electron chi connectivity index (χ2n) is 4.32. The molecule has 0 aliphatic carbocycles. The molecule has 0 bridgehead atoms. The van der Waals surface area contributed by atoms with Crippen molar-refractivity contribution in [2.45, 2.75) is 18.9 Å². The molecule has 5 heteroatoms. The minimum atomic E-state index is 0.378. The quantitative estimate of drug-likeness (QED) is 0.843. The highest BCUT2D eigenvalue weighted by Crippen LogP contribution is 2.22. The molecular formula is C12H15N5. The minimum absolute atomic E-state index is 0.378. The second kappa shape index (κ2) is 4.25. The summed E-state index contributed by atoms with van der Waals surface area (Å²) < 4.78 is 1.80. The first-order valence-corrected chi connectivity index (χ1v) is 5.88. The Labute approximate surface area is 99.9 Å². The molecule has 3 heterocycles. The molecule has 0 amide bonds. The first-order valence-electron chi connectivity index (χ1n) is 5.88. The van der Waals surface area contributed by atoms with Crippen LogP contribution >= 0.6 is 0 Å². The standard InChI is InChI=1S/C12H15N5/c1-17-12(4-6-16-17)11-8-14-10(7-15-11)9-3-2-5-13-9/h4,6-9,13H,2-3,5H2,1H3. The van der Waals surface area contributed by atoms with Gasteiger partial charge in [-0.1, -0.05) is 0 Å². The third-order valence-electron chi connectivity index (χ3n) is 3.17. The zero-order valence-corrected chi connectivity index (χ0v) is 9.80. The molecule has 1 N–H and O–H groups in total. The molecule has 3 rings (SSSR count). The highest BCUT2D eigenvalue weighted by Gasteiger charge is 2.17. The fraction of sp³-hybridized carbons (Fsp3) is 0.417. The molecule has 1 atom stereocenters. The topological polar surface area (TPSA) is 55.6 Å². The van der Waals surface area contributed by atoms with Crippen LogP contribution in [0.1, 0.15) is 24.6 Å². The number of rotatable bonds is 2. The maximum atomic E-state index is 4.49. The lowest BCUT2D eigenvalue weighted by molar-refractivity contribution is 0.624. The number of nitrogens with zero attached hydrogens (tertiary/aromatic N) is 4.